The van der Waals surface area contributed by atoms with Gasteiger partial charge >= 0.3 is 0 Å². The van der Waals surface area contributed by atoms with Gasteiger partial charge in [-0.1, -0.05) is 29.3 Å². The van der Waals surface area contributed by atoms with Crippen LogP contribution in [-0.4, -0.2) is 9.78 Å². The maximum absolute atomic E-state index is 6.10. The zero-order valence-electron chi connectivity index (χ0n) is 9.95. The van der Waals surface area contributed by atoms with Crippen LogP contribution in [0.25, 0.3) is 0 Å². The van der Waals surface area contributed by atoms with E-state index in [4.69, 9.17) is 28.9 Å². The van der Waals surface area contributed by atoms with Gasteiger partial charge in [-0.05, 0) is 43.0 Å². The summed E-state index contributed by atoms with van der Waals surface area (Å²) in [6.45, 7) is 1.87. The van der Waals surface area contributed by atoms with Crippen molar-refractivity contribution in [2.45, 2.75) is 25.8 Å². The lowest BCUT2D eigenvalue weighted by Crippen LogP contribution is -2.12. The number of rotatable bonds is 1. The van der Waals surface area contributed by atoms with Crippen molar-refractivity contribution in [2.75, 3.05) is 5.73 Å². The van der Waals surface area contributed by atoms with Crippen molar-refractivity contribution in [3.63, 3.8) is 0 Å². The maximum atomic E-state index is 6.10. The van der Waals surface area contributed by atoms with Gasteiger partial charge in [0.05, 0.1) is 11.7 Å². The zero-order valence-corrected chi connectivity index (χ0v) is 11.5. The largest absolute Gasteiger partial charge is 0.383 e. The third-order valence-corrected chi connectivity index (χ3v) is 4.20. The summed E-state index contributed by atoms with van der Waals surface area (Å²) in [7, 11) is 0. The molecule has 0 saturated heterocycles. The molecule has 0 amide bonds. The quantitative estimate of drug-likeness (QED) is 0.868. The molecule has 0 radical (unpaired) electrons. The Kier molecular flexibility index (Phi) is 2.76. The summed E-state index contributed by atoms with van der Waals surface area (Å²) in [5.74, 6) is 0.543. The first kappa shape index (κ1) is 11.9. The summed E-state index contributed by atoms with van der Waals surface area (Å²) in [4.78, 5) is 0. The lowest BCUT2D eigenvalue weighted by molar-refractivity contribution is 0.525. The summed E-state index contributed by atoms with van der Waals surface area (Å²) in [5, 5.41) is 5.77. The van der Waals surface area contributed by atoms with Gasteiger partial charge in [0.2, 0.25) is 0 Å². The van der Waals surface area contributed by atoms with Crippen LogP contribution in [0.15, 0.2) is 18.2 Å². The van der Waals surface area contributed by atoms with Crippen molar-refractivity contribution >= 4 is 29.0 Å². The molecule has 0 bridgehead atoms. The molecule has 1 unspecified atom stereocenters. The highest BCUT2D eigenvalue weighted by Gasteiger charge is 2.27. The number of fused-ring (bicyclic) bond motifs is 1. The van der Waals surface area contributed by atoms with Crippen molar-refractivity contribution in [1.29, 1.82) is 0 Å². The van der Waals surface area contributed by atoms with E-state index < -0.39 is 0 Å². The van der Waals surface area contributed by atoms with E-state index in [2.05, 4.69) is 11.2 Å². The molecule has 2 aromatic rings. The summed E-state index contributed by atoms with van der Waals surface area (Å²) in [6.07, 6.45) is 1.98. The second-order valence-corrected chi connectivity index (χ2v) is 5.44. The normalized spacial score (nSPS) is 18.1. The van der Waals surface area contributed by atoms with Crippen LogP contribution in [0.5, 0.6) is 0 Å². The van der Waals surface area contributed by atoms with Gasteiger partial charge in [0.1, 0.15) is 10.8 Å². The Labute approximate surface area is 115 Å². The van der Waals surface area contributed by atoms with Crippen LogP contribution in [0.3, 0.4) is 0 Å². The average molecular weight is 282 g/mol. The second kappa shape index (κ2) is 4.18. The molecule has 94 valence electrons. The van der Waals surface area contributed by atoms with E-state index in [0.29, 0.717) is 10.8 Å². The van der Waals surface area contributed by atoms with Crippen LogP contribution >= 0.6 is 23.2 Å². The van der Waals surface area contributed by atoms with Gasteiger partial charge < -0.3 is 5.73 Å². The van der Waals surface area contributed by atoms with Crippen LogP contribution in [-0.2, 0) is 6.42 Å². The van der Waals surface area contributed by atoms with Gasteiger partial charge in [0.15, 0.2) is 0 Å². The van der Waals surface area contributed by atoms with Gasteiger partial charge in [-0.25, -0.2) is 4.68 Å². The van der Waals surface area contributed by atoms with E-state index in [1.54, 1.807) is 0 Å². The number of nitrogens with zero attached hydrogens (tertiary/aromatic N) is 2. The van der Waals surface area contributed by atoms with Gasteiger partial charge in [-0.15, -0.1) is 0 Å². The van der Waals surface area contributed by atoms with Crippen LogP contribution in [0, 0.1) is 6.92 Å². The van der Waals surface area contributed by atoms with Crippen molar-refractivity contribution in [1.82, 2.24) is 9.78 Å². The summed E-state index contributed by atoms with van der Waals surface area (Å²) >= 11 is 12.1. The van der Waals surface area contributed by atoms with E-state index in [0.717, 1.165) is 23.6 Å². The van der Waals surface area contributed by atoms with Crippen LogP contribution in [0.1, 0.15) is 29.3 Å². The Morgan fingerprint density at radius 1 is 1.39 bits per heavy atom. The summed E-state index contributed by atoms with van der Waals surface area (Å²) in [6, 6.07) is 6.15. The first-order chi connectivity index (χ1) is 8.58. The highest BCUT2D eigenvalue weighted by atomic mass is 35.5. The Morgan fingerprint density at radius 3 is 2.83 bits per heavy atom. The first-order valence-electron chi connectivity index (χ1n) is 5.86. The highest BCUT2D eigenvalue weighted by Crippen LogP contribution is 2.38. The van der Waals surface area contributed by atoms with Crippen molar-refractivity contribution < 1.29 is 0 Å². The fourth-order valence-electron chi connectivity index (χ4n) is 2.60. The van der Waals surface area contributed by atoms with E-state index in [-0.39, 0.29) is 6.04 Å². The number of nitrogen functional groups attached to an aromatic ring is 1. The van der Waals surface area contributed by atoms with E-state index in [1.165, 1.54) is 11.1 Å². The predicted molar refractivity (Wildman–Crippen MR) is 74.3 cm³/mol. The van der Waals surface area contributed by atoms with Gasteiger partial charge in [-0.3, -0.25) is 0 Å². The lowest BCUT2D eigenvalue weighted by atomic mass is 10.1. The fraction of sp³-hybridized carbons (Fsp3) is 0.308. The monoisotopic (exact) mass is 281 g/mol. The van der Waals surface area contributed by atoms with Crippen LogP contribution < -0.4 is 5.73 Å². The Hall–Kier alpha value is -1.19. The molecule has 0 fully saturated rings. The maximum Gasteiger partial charge on any atom is 0.141 e. The van der Waals surface area contributed by atoms with Gasteiger partial charge in [-0.2, -0.15) is 5.10 Å². The molecule has 18 heavy (non-hydrogen) atoms. The number of benzene rings is 1. The number of nitrogens with two attached hydrogens (primary N) is 1. The van der Waals surface area contributed by atoms with E-state index in [9.17, 15) is 0 Å². The lowest BCUT2D eigenvalue weighted by Gasteiger charge is -2.14. The number of aromatic nitrogens is 2. The standard InChI is InChI=1S/C13H13Cl2N3/c1-7-12(15)13(16)18(17-7)11-5-2-8-6-9(14)3-4-10(8)11/h3-4,6,11H,2,5,16H2,1H3. The van der Waals surface area contributed by atoms with Gasteiger partial charge in [0.25, 0.3) is 0 Å². The molecule has 1 aromatic carbocycles. The molecule has 3 rings (SSSR count). The van der Waals surface area contributed by atoms with Crippen molar-refractivity contribution in [3.05, 3.63) is 45.1 Å². The minimum absolute atomic E-state index is 0.170. The number of anilines is 1. The molecule has 0 spiro atoms. The van der Waals surface area contributed by atoms with Gasteiger partial charge in [0, 0.05) is 5.02 Å². The fourth-order valence-corrected chi connectivity index (χ4v) is 2.92. The molecule has 0 aliphatic heterocycles. The zero-order chi connectivity index (χ0) is 12.9. The first-order valence-corrected chi connectivity index (χ1v) is 6.62. The predicted octanol–water partition coefficient (Wildman–Crippen LogP) is 3.62. The molecule has 1 aliphatic rings. The molecule has 2 N–H and O–H groups in total. The summed E-state index contributed by atoms with van der Waals surface area (Å²) in [5.41, 5.74) is 9.30. The highest BCUT2D eigenvalue weighted by molar-refractivity contribution is 6.33. The third-order valence-electron chi connectivity index (χ3n) is 3.49. The molecule has 1 aromatic heterocycles. The topological polar surface area (TPSA) is 43.8 Å². The average Bonchev–Trinajstić information content (AvgIpc) is 2.85. The van der Waals surface area contributed by atoms with Crippen LogP contribution in [0.2, 0.25) is 10.0 Å². The third kappa shape index (κ3) is 1.70. The number of halogens is 2. The summed E-state index contributed by atoms with van der Waals surface area (Å²) < 4.78 is 1.83. The molecule has 3 nitrogen and oxygen atoms in total. The molecule has 5 heteroatoms. The second-order valence-electron chi connectivity index (χ2n) is 4.63. The molecular weight excluding hydrogens is 269 g/mol. The minimum atomic E-state index is 0.170. The minimum Gasteiger partial charge on any atom is -0.383 e. The smallest absolute Gasteiger partial charge is 0.141 e. The number of hydrogen-bond acceptors (Lipinski definition) is 2. The molecular formula is C13H13Cl2N3. The molecule has 1 heterocycles. The SMILES string of the molecule is Cc1nn(C2CCc3cc(Cl)ccc32)c(N)c1Cl. The van der Waals surface area contributed by atoms with Crippen molar-refractivity contribution in [3.8, 4) is 0 Å². The Morgan fingerprint density at radius 2 is 2.17 bits per heavy atom. The number of hydrogen-bond donors (Lipinski definition) is 1. The van der Waals surface area contributed by atoms with E-state index >= 15 is 0 Å². The molecule has 1 atom stereocenters. The molecule has 0 saturated carbocycles. The van der Waals surface area contributed by atoms with E-state index in [1.807, 2.05) is 23.7 Å². The molecule has 1 aliphatic carbocycles. The Bertz CT molecular complexity index is 619. The van der Waals surface area contributed by atoms with Crippen molar-refractivity contribution in [2.24, 2.45) is 0 Å². The van der Waals surface area contributed by atoms with Crippen LogP contribution in [0.4, 0.5) is 5.82 Å². The Balaban J connectivity index is 2.09. The number of aryl methyl sites for hydroxylation is 2.